The summed E-state index contributed by atoms with van der Waals surface area (Å²) in [6.07, 6.45) is 3.47. The van der Waals surface area contributed by atoms with Gasteiger partial charge in [-0.05, 0) is 32.6 Å². The molecule has 0 radical (unpaired) electrons. The van der Waals surface area contributed by atoms with Gasteiger partial charge >= 0.3 is 0 Å². The smallest absolute Gasteiger partial charge is 0.0716 e. The van der Waals surface area contributed by atoms with Crippen LogP contribution in [0.15, 0.2) is 0 Å². The zero-order valence-corrected chi connectivity index (χ0v) is 10.2. The van der Waals surface area contributed by atoms with Crippen molar-refractivity contribution in [1.82, 2.24) is 0 Å². The van der Waals surface area contributed by atoms with Crippen molar-refractivity contribution in [2.24, 2.45) is 5.92 Å². The summed E-state index contributed by atoms with van der Waals surface area (Å²) in [7, 11) is 0. The lowest BCUT2D eigenvalue weighted by atomic mass is 9.95. The van der Waals surface area contributed by atoms with E-state index in [0.29, 0.717) is 0 Å². The van der Waals surface area contributed by atoms with Crippen LogP contribution in [0.4, 0.5) is 0 Å². The zero-order valence-electron chi connectivity index (χ0n) is 8.60. The molecule has 0 aliphatic heterocycles. The molecule has 0 bridgehead atoms. The van der Waals surface area contributed by atoms with Gasteiger partial charge in [-0.15, -0.1) is 0 Å². The first kappa shape index (κ1) is 12.4. The van der Waals surface area contributed by atoms with E-state index in [-0.39, 0.29) is 4.83 Å². The van der Waals surface area contributed by atoms with Crippen LogP contribution in [0.5, 0.6) is 0 Å². The predicted octanol–water partition coefficient (Wildman–Crippen LogP) is 3.35. The molecule has 74 valence electrons. The summed E-state index contributed by atoms with van der Waals surface area (Å²) in [4.78, 5) is 0.221. The average molecular weight is 237 g/mol. The van der Waals surface area contributed by atoms with Crippen LogP contribution in [0.2, 0.25) is 0 Å². The molecule has 2 atom stereocenters. The number of halogens is 1. The van der Waals surface area contributed by atoms with Crippen LogP contribution >= 0.6 is 15.9 Å². The molecule has 0 saturated heterocycles. The molecular formula is C10H21BrO. The van der Waals surface area contributed by atoms with Crippen molar-refractivity contribution in [2.45, 2.75) is 57.4 Å². The number of aliphatic hydroxyl groups is 1. The largest absolute Gasteiger partial charge is 0.389 e. The van der Waals surface area contributed by atoms with E-state index < -0.39 is 5.60 Å². The van der Waals surface area contributed by atoms with E-state index >= 15 is 0 Å². The summed E-state index contributed by atoms with van der Waals surface area (Å²) < 4.78 is 0. The Morgan fingerprint density at radius 3 is 2.17 bits per heavy atom. The molecule has 0 aliphatic rings. The first-order valence-corrected chi connectivity index (χ1v) is 5.66. The van der Waals surface area contributed by atoms with Crippen molar-refractivity contribution in [2.75, 3.05) is 0 Å². The minimum Gasteiger partial charge on any atom is -0.389 e. The fourth-order valence-corrected chi connectivity index (χ4v) is 1.25. The third-order valence-electron chi connectivity index (χ3n) is 2.38. The average Bonchev–Trinajstić information content (AvgIpc) is 1.97. The Morgan fingerprint density at radius 1 is 1.33 bits per heavy atom. The second kappa shape index (κ2) is 5.23. The van der Waals surface area contributed by atoms with Gasteiger partial charge in [0.2, 0.25) is 0 Å². The minimum absolute atomic E-state index is 0.221. The Morgan fingerprint density at radius 2 is 1.83 bits per heavy atom. The highest BCUT2D eigenvalue weighted by atomic mass is 79.9. The molecule has 1 nitrogen and oxygen atoms in total. The van der Waals surface area contributed by atoms with Gasteiger partial charge in [-0.1, -0.05) is 36.2 Å². The molecule has 0 aromatic carbocycles. The van der Waals surface area contributed by atoms with E-state index in [1.165, 1.54) is 12.8 Å². The molecule has 12 heavy (non-hydrogen) atoms. The lowest BCUT2D eigenvalue weighted by Gasteiger charge is -2.25. The first-order chi connectivity index (χ1) is 5.38. The van der Waals surface area contributed by atoms with Crippen LogP contribution in [0, 0.1) is 5.92 Å². The van der Waals surface area contributed by atoms with Crippen molar-refractivity contribution in [3.63, 3.8) is 0 Å². The maximum Gasteiger partial charge on any atom is 0.0716 e. The standard InChI is InChI=1S/C10H21BrO/c1-5-8(2)6-7-9(11)10(3,4)12/h8-9,12H,5-7H2,1-4H3. The number of alkyl halides is 1. The Kier molecular flexibility index (Phi) is 5.42. The topological polar surface area (TPSA) is 20.2 Å². The summed E-state index contributed by atoms with van der Waals surface area (Å²) in [5.74, 6) is 0.771. The molecule has 1 N–H and O–H groups in total. The summed E-state index contributed by atoms with van der Waals surface area (Å²) in [5.41, 5.74) is -0.590. The van der Waals surface area contributed by atoms with Crippen LogP contribution in [0.3, 0.4) is 0 Å². The van der Waals surface area contributed by atoms with E-state index in [9.17, 15) is 5.11 Å². The van der Waals surface area contributed by atoms with Gasteiger partial charge in [-0.2, -0.15) is 0 Å². The van der Waals surface area contributed by atoms with Crippen molar-refractivity contribution in [1.29, 1.82) is 0 Å². The molecule has 0 saturated carbocycles. The van der Waals surface area contributed by atoms with Crippen LogP contribution in [0.25, 0.3) is 0 Å². The van der Waals surface area contributed by atoms with E-state index in [0.717, 1.165) is 12.3 Å². The van der Waals surface area contributed by atoms with Gasteiger partial charge in [0.1, 0.15) is 0 Å². The maximum atomic E-state index is 9.62. The lowest BCUT2D eigenvalue weighted by Crippen LogP contribution is -2.31. The van der Waals surface area contributed by atoms with Crippen molar-refractivity contribution in [3.05, 3.63) is 0 Å². The fraction of sp³-hybridized carbons (Fsp3) is 1.00. The Labute approximate surface area is 84.7 Å². The van der Waals surface area contributed by atoms with Crippen LogP contribution < -0.4 is 0 Å². The summed E-state index contributed by atoms with van der Waals surface area (Å²) in [5, 5.41) is 9.62. The van der Waals surface area contributed by atoms with Gasteiger partial charge < -0.3 is 5.11 Å². The van der Waals surface area contributed by atoms with Crippen LogP contribution in [-0.2, 0) is 0 Å². The summed E-state index contributed by atoms with van der Waals surface area (Å²) in [6.45, 7) is 8.16. The number of rotatable bonds is 5. The van der Waals surface area contributed by atoms with Gasteiger partial charge in [0.05, 0.1) is 5.60 Å². The van der Waals surface area contributed by atoms with Gasteiger partial charge in [-0.3, -0.25) is 0 Å². The third-order valence-corrected chi connectivity index (χ3v) is 3.95. The number of hydrogen-bond acceptors (Lipinski definition) is 1. The molecule has 0 heterocycles. The summed E-state index contributed by atoms with van der Waals surface area (Å²) in [6, 6.07) is 0. The molecular weight excluding hydrogens is 216 g/mol. The van der Waals surface area contributed by atoms with E-state index in [4.69, 9.17) is 0 Å². The van der Waals surface area contributed by atoms with E-state index in [1.54, 1.807) is 0 Å². The van der Waals surface area contributed by atoms with Gasteiger partial charge in [-0.25, -0.2) is 0 Å². The Hall–Kier alpha value is 0.440. The highest BCUT2D eigenvalue weighted by Gasteiger charge is 2.23. The second-order valence-electron chi connectivity index (χ2n) is 4.21. The van der Waals surface area contributed by atoms with Crippen LogP contribution in [0.1, 0.15) is 47.0 Å². The normalized spacial score (nSPS) is 17.5. The molecule has 0 aromatic heterocycles. The fourth-order valence-electron chi connectivity index (χ4n) is 0.988. The second-order valence-corrected chi connectivity index (χ2v) is 5.32. The van der Waals surface area contributed by atoms with E-state index in [1.807, 2.05) is 13.8 Å². The van der Waals surface area contributed by atoms with E-state index in [2.05, 4.69) is 29.8 Å². The molecule has 0 fully saturated rings. The Balaban J connectivity index is 3.64. The molecule has 0 aliphatic carbocycles. The van der Waals surface area contributed by atoms with Gasteiger partial charge in [0.15, 0.2) is 0 Å². The Bertz CT molecular complexity index is 117. The summed E-state index contributed by atoms with van der Waals surface area (Å²) >= 11 is 3.51. The lowest BCUT2D eigenvalue weighted by molar-refractivity contribution is 0.0756. The highest BCUT2D eigenvalue weighted by Crippen LogP contribution is 2.24. The molecule has 2 unspecified atom stereocenters. The first-order valence-electron chi connectivity index (χ1n) is 4.74. The SMILES string of the molecule is CCC(C)CCC(Br)C(C)(C)O. The monoisotopic (exact) mass is 236 g/mol. The van der Waals surface area contributed by atoms with Crippen LogP contribution in [-0.4, -0.2) is 15.5 Å². The number of hydrogen-bond donors (Lipinski definition) is 1. The third kappa shape index (κ3) is 5.15. The van der Waals surface area contributed by atoms with Crippen molar-refractivity contribution in [3.8, 4) is 0 Å². The quantitative estimate of drug-likeness (QED) is 0.727. The van der Waals surface area contributed by atoms with Crippen molar-refractivity contribution >= 4 is 15.9 Å². The predicted molar refractivity (Wildman–Crippen MR) is 57.7 cm³/mol. The molecule has 0 aromatic rings. The minimum atomic E-state index is -0.590. The molecule has 0 amide bonds. The molecule has 2 heteroatoms. The zero-order chi connectivity index (χ0) is 9.78. The molecule has 0 rings (SSSR count). The van der Waals surface area contributed by atoms with Gasteiger partial charge in [0.25, 0.3) is 0 Å². The molecule has 0 spiro atoms. The highest BCUT2D eigenvalue weighted by molar-refractivity contribution is 9.09. The van der Waals surface area contributed by atoms with Gasteiger partial charge in [0, 0.05) is 4.83 Å². The maximum absolute atomic E-state index is 9.62. The van der Waals surface area contributed by atoms with Crippen molar-refractivity contribution < 1.29 is 5.11 Å².